The highest BCUT2D eigenvalue weighted by Gasteiger charge is 2.22. The molecule has 1 aliphatic heterocycles. The molecular weight excluding hydrogens is 268 g/mol. The summed E-state index contributed by atoms with van der Waals surface area (Å²) in [5.41, 5.74) is 0.528. The first-order valence-electron chi connectivity index (χ1n) is 6.17. The van der Waals surface area contributed by atoms with E-state index in [0.29, 0.717) is 29.5 Å². The van der Waals surface area contributed by atoms with Crippen LogP contribution in [-0.4, -0.2) is 42.3 Å². The van der Waals surface area contributed by atoms with Crippen LogP contribution in [0.4, 0.5) is 10.5 Å². The number of carbonyl (C=O) groups excluding carboxylic acids is 1. The molecule has 0 aliphatic carbocycles. The van der Waals surface area contributed by atoms with Gasteiger partial charge >= 0.3 is 6.03 Å². The number of amides is 2. The lowest BCUT2D eigenvalue weighted by molar-refractivity contribution is 0.0883. The fraction of sp³-hybridized carbons (Fsp3) is 0.462. The van der Waals surface area contributed by atoms with Crippen molar-refractivity contribution in [2.45, 2.75) is 18.9 Å². The lowest BCUT2D eigenvalue weighted by atomic mass is 10.1. The number of anilines is 1. The number of ether oxygens (including phenoxy) is 1. The number of carbonyl (C=O) groups is 1. The van der Waals surface area contributed by atoms with Gasteiger partial charge in [0, 0.05) is 18.1 Å². The molecule has 1 saturated heterocycles. The van der Waals surface area contributed by atoms with Crippen molar-refractivity contribution in [3.05, 3.63) is 23.2 Å². The maximum atomic E-state index is 12.1. The van der Waals surface area contributed by atoms with Gasteiger partial charge in [-0.15, -0.1) is 0 Å². The SMILES string of the molecule is COc1ccc(Cl)cc1NC(=O)N1CCC[C@@H](O)C1. The van der Waals surface area contributed by atoms with Gasteiger partial charge in [0.1, 0.15) is 5.75 Å². The van der Waals surface area contributed by atoms with Crippen LogP contribution < -0.4 is 10.1 Å². The number of rotatable bonds is 2. The molecule has 5 nitrogen and oxygen atoms in total. The van der Waals surface area contributed by atoms with Gasteiger partial charge < -0.3 is 20.1 Å². The van der Waals surface area contributed by atoms with E-state index < -0.39 is 6.10 Å². The van der Waals surface area contributed by atoms with Crippen molar-refractivity contribution in [3.63, 3.8) is 0 Å². The maximum absolute atomic E-state index is 12.1. The van der Waals surface area contributed by atoms with E-state index in [1.807, 2.05) is 0 Å². The van der Waals surface area contributed by atoms with Crippen LogP contribution in [0.3, 0.4) is 0 Å². The van der Waals surface area contributed by atoms with Crippen LogP contribution in [0.25, 0.3) is 0 Å². The Bertz CT molecular complexity index is 467. The van der Waals surface area contributed by atoms with Crippen molar-refractivity contribution in [3.8, 4) is 5.75 Å². The molecule has 2 rings (SSSR count). The third-order valence-electron chi connectivity index (χ3n) is 3.09. The highest BCUT2D eigenvalue weighted by molar-refractivity contribution is 6.31. The summed E-state index contributed by atoms with van der Waals surface area (Å²) in [5, 5.41) is 12.9. The van der Waals surface area contributed by atoms with E-state index in [0.717, 1.165) is 12.8 Å². The average molecular weight is 285 g/mol. The molecule has 1 aromatic rings. The highest BCUT2D eigenvalue weighted by Crippen LogP contribution is 2.28. The van der Waals surface area contributed by atoms with Crippen LogP contribution in [0, 0.1) is 0 Å². The average Bonchev–Trinajstić information content (AvgIpc) is 2.39. The van der Waals surface area contributed by atoms with Crippen LogP contribution in [0.15, 0.2) is 18.2 Å². The summed E-state index contributed by atoms with van der Waals surface area (Å²) in [6.45, 7) is 1.00. The molecule has 0 saturated carbocycles. The molecule has 0 bridgehead atoms. The minimum absolute atomic E-state index is 0.251. The zero-order chi connectivity index (χ0) is 13.8. The molecule has 1 atom stereocenters. The van der Waals surface area contributed by atoms with Gasteiger partial charge in [-0.25, -0.2) is 4.79 Å². The van der Waals surface area contributed by atoms with Crippen LogP contribution in [0.5, 0.6) is 5.75 Å². The number of hydrogen-bond donors (Lipinski definition) is 2. The molecule has 1 aromatic carbocycles. The fourth-order valence-electron chi connectivity index (χ4n) is 2.11. The predicted molar refractivity (Wildman–Crippen MR) is 73.8 cm³/mol. The topological polar surface area (TPSA) is 61.8 Å². The summed E-state index contributed by atoms with van der Waals surface area (Å²) >= 11 is 5.91. The van der Waals surface area contributed by atoms with Crippen LogP contribution in [0.2, 0.25) is 5.02 Å². The Morgan fingerprint density at radius 3 is 3.05 bits per heavy atom. The summed E-state index contributed by atoms with van der Waals surface area (Å²) < 4.78 is 5.17. The van der Waals surface area contributed by atoms with E-state index in [-0.39, 0.29) is 6.03 Å². The van der Waals surface area contributed by atoms with Gasteiger partial charge in [0.25, 0.3) is 0 Å². The number of piperidine rings is 1. The number of β-amino-alcohol motifs (C(OH)–C–C–N with tert-alkyl or cyclic N) is 1. The molecular formula is C13H17ClN2O3. The molecule has 19 heavy (non-hydrogen) atoms. The quantitative estimate of drug-likeness (QED) is 0.876. The summed E-state index contributed by atoms with van der Waals surface area (Å²) in [5.74, 6) is 0.551. The second-order valence-electron chi connectivity index (χ2n) is 4.52. The van der Waals surface area contributed by atoms with Crippen molar-refractivity contribution >= 4 is 23.3 Å². The number of nitrogens with one attached hydrogen (secondary N) is 1. The Morgan fingerprint density at radius 1 is 1.58 bits per heavy atom. The third-order valence-corrected chi connectivity index (χ3v) is 3.32. The lowest BCUT2D eigenvalue weighted by Gasteiger charge is -2.30. The number of nitrogens with zero attached hydrogens (tertiary/aromatic N) is 1. The molecule has 2 amide bonds. The number of aliphatic hydroxyl groups excluding tert-OH is 1. The molecule has 1 heterocycles. The van der Waals surface area contributed by atoms with Gasteiger partial charge in [-0.1, -0.05) is 11.6 Å². The molecule has 0 radical (unpaired) electrons. The number of likely N-dealkylation sites (tertiary alicyclic amines) is 1. The van der Waals surface area contributed by atoms with Crippen molar-refractivity contribution in [2.75, 3.05) is 25.5 Å². The molecule has 0 unspecified atom stereocenters. The van der Waals surface area contributed by atoms with Crippen LogP contribution >= 0.6 is 11.6 Å². The summed E-state index contributed by atoms with van der Waals surface area (Å²) in [6.07, 6.45) is 1.10. The van der Waals surface area contributed by atoms with Gasteiger partial charge in [0.05, 0.1) is 18.9 Å². The number of aliphatic hydroxyl groups is 1. The Kier molecular flexibility index (Phi) is 4.50. The van der Waals surface area contributed by atoms with Crippen molar-refractivity contribution in [2.24, 2.45) is 0 Å². The summed E-state index contributed by atoms with van der Waals surface area (Å²) in [6, 6.07) is 4.78. The van der Waals surface area contributed by atoms with E-state index in [1.165, 1.54) is 7.11 Å². The Morgan fingerprint density at radius 2 is 2.37 bits per heavy atom. The summed E-state index contributed by atoms with van der Waals surface area (Å²) in [4.78, 5) is 13.7. The van der Waals surface area contributed by atoms with Crippen LogP contribution in [0.1, 0.15) is 12.8 Å². The number of methoxy groups -OCH3 is 1. The van der Waals surface area contributed by atoms with E-state index >= 15 is 0 Å². The Labute approximate surface area is 117 Å². The standard InChI is InChI=1S/C13H17ClN2O3/c1-19-12-5-4-9(14)7-11(12)15-13(18)16-6-2-3-10(17)8-16/h4-5,7,10,17H,2-3,6,8H2,1H3,(H,15,18)/t10-/m1/s1. The second-order valence-corrected chi connectivity index (χ2v) is 4.95. The first kappa shape index (κ1) is 14.0. The number of benzene rings is 1. The fourth-order valence-corrected chi connectivity index (χ4v) is 2.28. The van der Waals surface area contributed by atoms with Gasteiger partial charge in [0.2, 0.25) is 0 Å². The molecule has 6 heteroatoms. The minimum Gasteiger partial charge on any atom is -0.495 e. The van der Waals surface area contributed by atoms with E-state index in [1.54, 1.807) is 23.1 Å². The van der Waals surface area contributed by atoms with Crippen molar-refractivity contribution in [1.29, 1.82) is 0 Å². The first-order valence-corrected chi connectivity index (χ1v) is 6.55. The molecule has 0 aromatic heterocycles. The zero-order valence-corrected chi connectivity index (χ0v) is 11.5. The lowest BCUT2D eigenvalue weighted by Crippen LogP contribution is -2.44. The van der Waals surface area contributed by atoms with E-state index in [4.69, 9.17) is 16.3 Å². The Hall–Kier alpha value is -1.46. The smallest absolute Gasteiger partial charge is 0.322 e. The molecule has 2 N–H and O–H groups in total. The molecule has 1 aliphatic rings. The van der Waals surface area contributed by atoms with E-state index in [9.17, 15) is 9.90 Å². The molecule has 0 spiro atoms. The number of halogens is 1. The van der Waals surface area contributed by atoms with Gasteiger partial charge in [-0.05, 0) is 31.0 Å². The largest absolute Gasteiger partial charge is 0.495 e. The van der Waals surface area contributed by atoms with Crippen molar-refractivity contribution < 1.29 is 14.6 Å². The van der Waals surface area contributed by atoms with E-state index in [2.05, 4.69) is 5.32 Å². The third kappa shape index (κ3) is 3.52. The van der Waals surface area contributed by atoms with Gasteiger partial charge in [0.15, 0.2) is 0 Å². The van der Waals surface area contributed by atoms with Gasteiger partial charge in [-0.2, -0.15) is 0 Å². The Balaban J connectivity index is 2.07. The zero-order valence-electron chi connectivity index (χ0n) is 10.7. The normalized spacial score (nSPS) is 19.1. The highest BCUT2D eigenvalue weighted by atomic mass is 35.5. The van der Waals surface area contributed by atoms with Crippen molar-refractivity contribution in [1.82, 2.24) is 4.90 Å². The number of hydrogen-bond acceptors (Lipinski definition) is 3. The second kappa shape index (κ2) is 6.12. The minimum atomic E-state index is -0.444. The van der Waals surface area contributed by atoms with Crippen LogP contribution in [-0.2, 0) is 0 Å². The summed E-state index contributed by atoms with van der Waals surface area (Å²) in [7, 11) is 1.53. The predicted octanol–water partition coefficient (Wildman–Crippen LogP) is 2.34. The molecule has 1 fully saturated rings. The van der Waals surface area contributed by atoms with Gasteiger partial charge in [-0.3, -0.25) is 0 Å². The maximum Gasteiger partial charge on any atom is 0.322 e. The molecule has 104 valence electrons. The number of urea groups is 1. The monoisotopic (exact) mass is 284 g/mol. The first-order chi connectivity index (χ1) is 9.10.